The van der Waals surface area contributed by atoms with Crippen LogP contribution in [0.15, 0.2) is 12.2 Å². The molecule has 0 amide bonds. The third-order valence-electron chi connectivity index (χ3n) is 3.70. The van der Waals surface area contributed by atoms with Gasteiger partial charge in [0.25, 0.3) is 0 Å². The van der Waals surface area contributed by atoms with Gasteiger partial charge in [0, 0.05) is 13.3 Å². The Morgan fingerprint density at radius 2 is 2.22 bits per heavy atom. The highest BCUT2D eigenvalue weighted by atomic mass is 79.9. The summed E-state index contributed by atoms with van der Waals surface area (Å²) in [5.41, 5.74) is 0. The van der Waals surface area contributed by atoms with E-state index in [-0.39, 0.29) is 33.8 Å². The van der Waals surface area contributed by atoms with E-state index < -0.39 is 6.10 Å². The molecule has 0 aromatic carbocycles. The van der Waals surface area contributed by atoms with Crippen molar-refractivity contribution in [2.24, 2.45) is 0 Å². The van der Waals surface area contributed by atoms with Gasteiger partial charge >= 0.3 is 5.97 Å². The maximum atomic E-state index is 11.4. The first-order valence-electron chi connectivity index (χ1n) is 7.76. The number of alkyl halides is 3. The molecule has 0 radical (unpaired) electrons. The molecule has 6 heteroatoms. The van der Waals surface area contributed by atoms with E-state index in [9.17, 15) is 4.79 Å². The van der Waals surface area contributed by atoms with E-state index in [0.29, 0.717) is 12.8 Å². The van der Waals surface area contributed by atoms with Crippen LogP contribution in [0.5, 0.6) is 0 Å². The Balaban J connectivity index is 2.71. The average molecular weight is 426 g/mol. The van der Waals surface area contributed by atoms with Crippen molar-refractivity contribution in [3.8, 4) is 12.3 Å². The predicted octanol–water partition coefficient (Wildman–Crippen LogP) is 4.43. The van der Waals surface area contributed by atoms with Crippen molar-refractivity contribution >= 4 is 45.1 Å². The van der Waals surface area contributed by atoms with Crippen LogP contribution in [-0.2, 0) is 14.3 Å². The lowest BCUT2D eigenvalue weighted by molar-refractivity contribution is -0.148. The van der Waals surface area contributed by atoms with Gasteiger partial charge in [-0.1, -0.05) is 41.3 Å². The van der Waals surface area contributed by atoms with E-state index >= 15 is 0 Å². The lowest BCUT2D eigenvalue weighted by atomic mass is 10.0. The second-order valence-corrected chi connectivity index (χ2v) is 7.72. The number of carbonyl (C=O) groups excluding carboxylic acids is 1. The van der Waals surface area contributed by atoms with Crippen molar-refractivity contribution in [2.75, 3.05) is 0 Å². The monoisotopic (exact) mass is 424 g/mol. The molecule has 0 aromatic rings. The van der Waals surface area contributed by atoms with Gasteiger partial charge in [0.15, 0.2) is 0 Å². The summed E-state index contributed by atoms with van der Waals surface area (Å²) in [7, 11) is 0. The fourth-order valence-corrected chi connectivity index (χ4v) is 3.92. The molecule has 1 fully saturated rings. The van der Waals surface area contributed by atoms with E-state index in [1.807, 2.05) is 0 Å². The molecule has 1 heterocycles. The van der Waals surface area contributed by atoms with Crippen LogP contribution >= 0.6 is 39.1 Å². The van der Waals surface area contributed by atoms with Gasteiger partial charge in [-0.15, -0.1) is 29.6 Å². The minimum atomic E-state index is -0.470. The molecule has 1 saturated heterocycles. The Morgan fingerprint density at radius 3 is 2.78 bits per heavy atom. The zero-order valence-electron chi connectivity index (χ0n) is 13.4. The molecule has 0 spiro atoms. The minimum absolute atomic E-state index is 0.0700. The van der Waals surface area contributed by atoms with Crippen molar-refractivity contribution in [2.45, 2.75) is 73.4 Å². The Labute approximate surface area is 157 Å². The quantitative estimate of drug-likeness (QED) is 0.327. The van der Waals surface area contributed by atoms with Gasteiger partial charge in [0.1, 0.15) is 6.10 Å². The summed E-state index contributed by atoms with van der Waals surface area (Å²) >= 11 is 16.5. The predicted molar refractivity (Wildman–Crippen MR) is 98.3 cm³/mol. The third-order valence-corrected chi connectivity index (χ3v) is 6.17. The number of ether oxygens (including phenoxy) is 2. The van der Waals surface area contributed by atoms with Crippen molar-refractivity contribution in [1.29, 1.82) is 0 Å². The molecule has 130 valence electrons. The van der Waals surface area contributed by atoms with E-state index in [1.165, 1.54) is 6.92 Å². The smallest absolute Gasteiger partial charge is 0.302 e. The van der Waals surface area contributed by atoms with Crippen molar-refractivity contribution in [3.63, 3.8) is 0 Å². The standard InChI is InChI=1S/C17H23BrCl2O3/c1-4-6-7-9-12(19)14(22-11(3)21)10-15-17(20)16(18)13(23-15)8-5-2/h1,6-7,12-17H,5,8-10H2,2-3H3/b7-6+/t12-,13+,14+,15-,16+,17+/m1/s1. The van der Waals surface area contributed by atoms with Gasteiger partial charge in [-0.2, -0.15) is 0 Å². The second-order valence-electron chi connectivity index (χ2n) is 5.59. The number of hydrogen-bond donors (Lipinski definition) is 0. The van der Waals surface area contributed by atoms with Gasteiger partial charge in [-0.25, -0.2) is 0 Å². The lowest BCUT2D eigenvalue weighted by Gasteiger charge is -2.25. The van der Waals surface area contributed by atoms with E-state index in [2.05, 4.69) is 28.8 Å². The molecular formula is C17H23BrCl2O3. The van der Waals surface area contributed by atoms with Crippen LogP contribution in [-0.4, -0.2) is 39.9 Å². The SMILES string of the molecule is C#C/C=C/C[C@@H](Cl)[C@H](C[C@H]1O[C@@H](CCC)[C@H](Br)[C@H]1Cl)OC(C)=O. The summed E-state index contributed by atoms with van der Waals surface area (Å²) < 4.78 is 11.4. The molecule has 0 unspecified atom stereocenters. The molecule has 0 aromatic heterocycles. The van der Waals surface area contributed by atoms with Gasteiger partial charge in [-0.05, 0) is 18.9 Å². The molecule has 1 aliphatic heterocycles. The number of hydrogen-bond acceptors (Lipinski definition) is 3. The summed E-state index contributed by atoms with van der Waals surface area (Å²) in [6.07, 6.45) is 10.9. The Kier molecular flexibility index (Phi) is 9.61. The largest absolute Gasteiger partial charge is 0.461 e. The maximum absolute atomic E-state index is 11.4. The van der Waals surface area contributed by atoms with Gasteiger partial charge in [-0.3, -0.25) is 4.79 Å². The molecule has 1 aliphatic rings. The van der Waals surface area contributed by atoms with Crippen LogP contribution in [0.4, 0.5) is 0 Å². The van der Waals surface area contributed by atoms with E-state index in [1.54, 1.807) is 12.2 Å². The molecule has 0 bridgehead atoms. The van der Waals surface area contributed by atoms with Crippen LogP contribution < -0.4 is 0 Å². The number of terminal acetylenes is 1. The number of esters is 1. The molecule has 0 N–H and O–H groups in total. The molecule has 1 rings (SSSR count). The van der Waals surface area contributed by atoms with Crippen LogP contribution in [0, 0.1) is 12.3 Å². The first-order chi connectivity index (χ1) is 10.9. The van der Waals surface area contributed by atoms with Crippen molar-refractivity contribution in [1.82, 2.24) is 0 Å². The molecule has 0 saturated carbocycles. The zero-order chi connectivity index (χ0) is 17.4. The van der Waals surface area contributed by atoms with Crippen LogP contribution in [0.2, 0.25) is 0 Å². The number of rotatable bonds is 8. The van der Waals surface area contributed by atoms with Crippen LogP contribution in [0.3, 0.4) is 0 Å². The Morgan fingerprint density at radius 1 is 1.52 bits per heavy atom. The number of carbonyl (C=O) groups is 1. The topological polar surface area (TPSA) is 35.5 Å². The molecular weight excluding hydrogens is 403 g/mol. The third kappa shape index (κ3) is 6.66. The molecule has 23 heavy (non-hydrogen) atoms. The fourth-order valence-electron chi connectivity index (χ4n) is 2.61. The lowest BCUT2D eigenvalue weighted by Crippen LogP contribution is -2.34. The normalized spacial score (nSPS) is 30.1. The van der Waals surface area contributed by atoms with E-state index in [0.717, 1.165) is 12.8 Å². The zero-order valence-corrected chi connectivity index (χ0v) is 16.5. The summed E-state index contributed by atoms with van der Waals surface area (Å²) in [6.45, 7) is 3.47. The molecule has 3 nitrogen and oxygen atoms in total. The molecule has 0 aliphatic carbocycles. The average Bonchev–Trinajstić information content (AvgIpc) is 2.75. The maximum Gasteiger partial charge on any atom is 0.302 e. The van der Waals surface area contributed by atoms with Crippen molar-refractivity contribution < 1.29 is 14.3 Å². The highest BCUT2D eigenvalue weighted by Gasteiger charge is 2.43. The fraction of sp³-hybridized carbons (Fsp3) is 0.706. The van der Waals surface area contributed by atoms with Gasteiger partial charge < -0.3 is 9.47 Å². The molecule has 6 atom stereocenters. The summed E-state index contributed by atoms with van der Waals surface area (Å²) in [4.78, 5) is 11.4. The first kappa shape index (κ1) is 20.8. The van der Waals surface area contributed by atoms with Crippen LogP contribution in [0.25, 0.3) is 0 Å². The number of halogens is 3. The summed E-state index contributed by atoms with van der Waals surface area (Å²) in [5.74, 6) is 2.04. The van der Waals surface area contributed by atoms with Gasteiger partial charge in [0.05, 0.1) is 27.8 Å². The van der Waals surface area contributed by atoms with Crippen molar-refractivity contribution in [3.05, 3.63) is 12.2 Å². The highest BCUT2D eigenvalue weighted by molar-refractivity contribution is 9.09. The summed E-state index contributed by atoms with van der Waals surface area (Å²) in [6, 6.07) is 0. The highest BCUT2D eigenvalue weighted by Crippen LogP contribution is 2.36. The first-order valence-corrected chi connectivity index (χ1v) is 9.55. The minimum Gasteiger partial charge on any atom is -0.461 e. The number of allylic oxidation sites excluding steroid dienone is 2. The Bertz CT molecular complexity index is 450. The second kappa shape index (κ2) is 10.6. The van der Waals surface area contributed by atoms with E-state index in [4.69, 9.17) is 39.1 Å². The summed E-state index contributed by atoms with van der Waals surface area (Å²) in [5, 5.41) is -0.565. The van der Waals surface area contributed by atoms with Gasteiger partial charge in [0.2, 0.25) is 0 Å². The van der Waals surface area contributed by atoms with Crippen LogP contribution in [0.1, 0.15) is 39.5 Å². The Hall–Kier alpha value is -0.210.